The minimum absolute atomic E-state index is 0.336. The van der Waals surface area contributed by atoms with Gasteiger partial charge in [-0.1, -0.05) is 0 Å². The second-order valence-electron chi connectivity index (χ2n) is 4.68. The number of hydrogen-bond acceptors (Lipinski definition) is 1. The van der Waals surface area contributed by atoms with E-state index in [0.29, 0.717) is 24.0 Å². The van der Waals surface area contributed by atoms with Gasteiger partial charge in [0.2, 0.25) is 0 Å². The maximum absolute atomic E-state index is 13.4. The molecule has 0 aliphatic rings. The molecule has 0 unspecified atom stereocenters. The van der Waals surface area contributed by atoms with Crippen molar-refractivity contribution in [1.29, 1.82) is 0 Å². The van der Waals surface area contributed by atoms with E-state index in [9.17, 15) is 8.78 Å². The number of halogens is 2. The molecular weight excluding hydrogens is 196 g/mol. The second kappa shape index (κ2) is 4.27. The van der Waals surface area contributed by atoms with Crippen LogP contribution in [0.15, 0.2) is 12.1 Å². The Bertz CT molecular complexity index is 353. The summed E-state index contributed by atoms with van der Waals surface area (Å²) in [6, 6.07) is 2.49. The van der Waals surface area contributed by atoms with Gasteiger partial charge < -0.3 is 5.73 Å². The molecule has 0 aliphatic heterocycles. The highest BCUT2D eigenvalue weighted by atomic mass is 19.1. The fraction of sp³-hybridized carbons (Fsp3) is 0.500. The summed E-state index contributed by atoms with van der Waals surface area (Å²) in [6.07, 6.45) is 1.10. The van der Waals surface area contributed by atoms with Gasteiger partial charge in [0.15, 0.2) is 0 Å². The molecule has 0 spiro atoms. The van der Waals surface area contributed by atoms with Gasteiger partial charge in [0, 0.05) is 5.54 Å². The van der Waals surface area contributed by atoms with Gasteiger partial charge in [-0.15, -0.1) is 0 Å². The fourth-order valence-corrected chi connectivity index (χ4v) is 1.34. The molecule has 0 heterocycles. The standard InChI is InChI=1S/C12H17F2N/c1-8-6-11(14)9(7-10(8)13)4-5-12(2,3)15/h6-7H,4-5,15H2,1-3H3. The highest BCUT2D eigenvalue weighted by molar-refractivity contribution is 5.25. The lowest BCUT2D eigenvalue weighted by Crippen LogP contribution is -2.32. The zero-order chi connectivity index (χ0) is 11.6. The van der Waals surface area contributed by atoms with Gasteiger partial charge in [0.05, 0.1) is 0 Å². The molecule has 84 valence electrons. The first-order valence-corrected chi connectivity index (χ1v) is 5.03. The SMILES string of the molecule is Cc1cc(F)c(CCC(C)(C)N)cc1F. The summed E-state index contributed by atoms with van der Waals surface area (Å²) < 4.78 is 26.6. The van der Waals surface area contributed by atoms with Gasteiger partial charge >= 0.3 is 0 Å². The summed E-state index contributed by atoms with van der Waals surface area (Å²) in [5.74, 6) is -0.709. The molecule has 0 saturated heterocycles. The predicted molar refractivity (Wildman–Crippen MR) is 57.7 cm³/mol. The third-order valence-corrected chi connectivity index (χ3v) is 2.37. The minimum Gasteiger partial charge on any atom is -0.326 e. The second-order valence-corrected chi connectivity index (χ2v) is 4.68. The largest absolute Gasteiger partial charge is 0.326 e. The summed E-state index contributed by atoms with van der Waals surface area (Å²) in [4.78, 5) is 0. The Hall–Kier alpha value is -0.960. The normalized spacial score (nSPS) is 11.9. The Morgan fingerprint density at radius 3 is 2.33 bits per heavy atom. The predicted octanol–water partition coefficient (Wildman–Crippen LogP) is 2.94. The molecule has 0 aromatic heterocycles. The first-order valence-electron chi connectivity index (χ1n) is 5.03. The van der Waals surface area contributed by atoms with E-state index in [4.69, 9.17) is 5.73 Å². The number of hydrogen-bond donors (Lipinski definition) is 1. The van der Waals surface area contributed by atoms with E-state index in [0.717, 1.165) is 0 Å². The Kier molecular flexibility index (Phi) is 3.45. The minimum atomic E-state index is -0.360. The molecule has 1 aromatic carbocycles. The van der Waals surface area contributed by atoms with E-state index in [2.05, 4.69) is 0 Å². The number of benzene rings is 1. The molecule has 0 amide bonds. The van der Waals surface area contributed by atoms with E-state index in [1.165, 1.54) is 12.1 Å². The summed E-state index contributed by atoms with van der Waals surface area (Å²) >= 11 is 0. The van der Waals surface area contributed by atoms with Crippen LogP contribution >= 0.6 is 0 Å². The first kappa shape index (κ1) is 12.1. The Morgan fingerprint density at radius 2 is 1.80 bits per heavy atom. The Balaban J connectivity index is 2.82. The van der Waals surface area contributed by atoms with Crippen LogP contribution in [-0.4, -0.2) is 5.54 Å². The van der Waals surface area contributed by atoms with E-state index >= 15 is 0 Å². The summed E-state index contributed by atoms with van der Waals surface area (Å²) in [7, 11) is 0. The van der Waals surface area contributed by atoms with Crippen LogP contribution in [0.2, 0.25) is 0 Å². The van der Waals surface area contributed by atoms with Crippen molar-refractivity contribution in [3.63, 3.8) is 0 Å². The lowest BCUT2D eigenvalue weighted by molar-refractivity contribution is 0.468. The van der Waals surface area contributed by atoms with Crippen molar-refractivity contribution in [1.82, 2.24) is 0 Å². The zero-order valence-electron chi connectivity index (χ0n) is 9.40. The molecule has 1 aromatic rings. The van der Waals surface area contributed by atoms with E-state index in [1.807, 2.05) is 13.8 Å². The maximum Gasteiger partial charge on any atom is 0.126 e. The Labute approximate surface area is 89.3 Å². The number of aryl methyl sites for hydroxylation is 2. The molecule has 2 N–H and O–H groups in total. The lowest BCUT2D eigenvalue weighted by atomic mass is 9.96. The Morgan fingerprint density at radius 1 is 1.20 bits per heavy atom. The first-order chi connectivity index (χ1) is 6.79. The fourth-order valence-electron chi connectivity index (χ4n) is 1.34. The van der Waals surface area contributed by atoms with Crippen LogP contribution < -0.4 is 5.73 Å². The molecule has 0 atom stereocenters. The molecule has 0 saturated carbocycles. The summed E-state index contributed by atoms with van der Waals surface area (Å²) in [5, 5.41) is 0. The van der Waals surface area contributed by atoms with Gasteiger partial charge in [0.25, 0.3) is 0 Å². The third kappa shape index (κ3) is 3.59. The van der Waals surface area contributed by atoms with Crippen molar-refractivity contribution in [3.8, 4) is 0 Å². The van der Waals surface area contributed by atoms with Crippen LogP contribution in [0.5, 0.6) is 0 Å². The zero-order valence-corrected chi connectivity index (χ0v) is 9.40. The monoisotopic (exact) mass is 213 g/mol. The lowest BCUT2D eigenvalue weighted by Gasteiger charge is -2.18. The highest BCUT2D eigenvalue weighted by Gasteiger charge is 2.13. The van der Waals surface area contributed by atoms with Gasteiger partial charge in [-0.3, -0.25) is 0 Å². The van der Waals surface area contributed by atoms with Crippen molar-refractivity contribution in [2.75, 3.05) is 0 Å². The van der Waals surface area contributed by atoms with Crippen molar-refractivity contribution >= 4 is 0 Å². The van der Waals surface area contributed by atoms with E-state index < -0.39 is 0 Å². The van der Waals surface area contributed by atoms with Gasteiger partial charge in [-0.05, 0) is 56.9 Å². The number of nitrogens with two attached hydrogens (primary N) is 1. The maximum atomic E-state index is 13.4. The molecule has 0 bridgehead atoms. The van der Waals surface area contributed by atoms with Gasteiger partial charge in [-0.2, -0.15) is 0 Å². The van der Waals surface area contributed by atoms with Crippen LogP contribution in [0.3, 0.4) is 0 Å². The summed E-state index contributed by atoms with van der Waals surface area (Å²) in [6.45, 7) is 5.29. The molecule has 3 heteroatoms. The molecule has 0 fully saturated rings. The quantitative estimate of drug-likeness (QED) is 0.820. The van der Waals surface area contributed by atoms with Crippen molar-refractivity contribution in [3.05, 3.63) is 34.9 Å². The van der Waals surface area contributed by atoms with Crippen molar-refractivity contribution in [2.45, 2.75) is 39.2 Å². The van der Waals surface area contributed by atoms with Gasteiger partial charge in [0.1, 0.15) is 11.6 Å². The third-order valence-electron chi connectivity index (χ3n) is 2.37. The highest BCUT2D eigenvalue weighted by Crippen LogP contribution is 2.18. The van der Waals surface area contributed by atoms with Crippen LogP contribution in [0.4, 0.5) is 8.78 Å². The average Bonchev–Trinajstić information content (AvgIpc) is 2.07. The average molecular weight is 213 g/mol. The molecule has 0 aliphatic carbocycles. The van der Waals surface area contributed by atoms with Crippen LogP contribution in [0.1, 0.15) is 31.4 Å². The van der Waals surface area contributed by atoms with E-state index in [1.54, 1.807) is 6.92 Å². The summed E-state index contributed by atoms with van der Waals surface area (Å²) in [5.41, 5.74) is 6.17. The topological polar surface area (TPSA) is 26.0 Å². The van der Waals surface area contributed by atoms with Crippen LogP contribution in [0, 0.1) is 18.6 Å². The molecular formula is C12H17F2N. The van der Waals surface area contributed by atoms with E-state index in [-0.39, 0.29) is 17.2 Å². The van der Waals surface area contributed by atoms with Crippen molar-refractivity contribution in [2.24, 2.45) is 5.73 Å². The molecule has 1 nitrogen and oxygen atoms in total. The molecule has 15 heavy (non-hydrogen) atoms. The molecule has 0 radical (unpaired) electrons. The number of rotatable bonds is 3. The van der Waals surface area contributed by atoms with Crippen molar-refractivity contribution < 1.29 is 8.78 Å². The smallest absolute Gasteiger partial charge is 0.126 e. The van der Waals surface area contributed by atoms with Gasteiger partial charge in [-0.25, -0.2) is 8.78 Å². The molecule has 1 rings (SSSR count). The van der Waals surface area contributed by atoms with Crippen LogP contribution in [0.25, 0.3) is 0 Å². The van der Waals surface area contributed by atoms with Crippen LogP contribution in [-0.2, 0) is 6.42 Å².